The highest BCUT2D eigenvalue weighted by atomic mass is 19.1. The SMILES string of the molecule is Cc1nc(-c2ccc(C[C@H](NC(=O)c3c(F)cc(N4CCOC[C@@H]4C)cc3F)C(=O)O)c3c2OCCC3)c(=O)n(C)c1C. The Labute approximate surface area is 247 Å². The molecule has 228 valence electrons. The first-order valence-corrected chi connectivity index (χ1v) is 14.2. The maximum absolute atomic E-state index is 15.1. The van der Waals surface area contributed by atoms with Gasteiger partial charge in [-0.2, -0.15) is 0 Å². The van der Waals surface area contributed by atoms with Gasteiger partial charge < -0.3 is 29.4 Å². The number of nitrogens with zero attached hydrogens (tertiary/aromatic N) is 3. The van der Waals surface area contributed by atoms with Gasteiger partial charge in [0.2, 0.25) is 0 Å². The zero-order chi connectivity index (χ0) is 31.0. The third-order valence-electron chi connectivity index (χ3n) is 8.22. The quantitative estimate of drug-likeness (QED) is 0.426. The molecule has 10 nitrogen and oxygen atoms in total. The number of carbonyl (C=O) groups is 2. The maximum Gasteiger partial charge on any atom is 0.326 e. The first kappa shape index (κ1) is 30.1. The molecule has 0 radical (unpaired) electrons. The molecule has 0 unspecified atom stereocenters. The highest BCUT2D eigenvalue weighted by Gasteiger charge is 2.30. The number of carboxylic acid groups (broad SMARTS) is 1. The molecule has 2 atom stereocenters. The first-order chi connectivity index (χ1) is 20.5. The molecule has 2 N–H and O–H groups in total. The molecule has 2 aliphatic rings. The van der Waals surface area contributed by atoms with Gasteiger partial charge in [-0.15, -0.1) is 0 Å². The number of aliphatic carboxylic acids is 1. The van der Waals surface area contributed by atoms with Crippen molar-refractivity contribution in [2.24, 2.45) is 7.05 Å². The molecule has 0 bridgehead atoms. The summed E-state index contributed by atoms with van der Waals surface area (Å²) in [6.45, 7) is 7.13. The second-order valence-electron chi connectivity index (χ2n) is 11.0. The van der Waals surface area contributed by atoms with Crippen LogP contribution in [0.5, 0.6) is 5.75 Å². The molecule has 1 aromatic heterocycles. The van der Waals surface area contributed by atoms with Crippen LogP contribution in [0.15, 0.2) is 29.1 Å². The monoisotopic (exact) mass is 596 g/mol. The Kier molecular flexibility index (Phi) is 8.50. The summed E-state index contributed by atoms with van der Waals surface area (Å²) in [6, 6.07) is 3.89. The molecule has 5 rings (SSSR count). The van der Waals surface area contributed by atoms with Gasteiger partial charge in [-0.25, -0.2) is 18.6 Å². The number of halogens is 2. The molecule has 0 spiro atoms. The van der Waals surface area contributed by atoms with Crippen LogP contribution in [0, 0.1) is 25.5 Å². The second-order valence-corrected chi connectivity index (χ2v) is 11.0. The lowest BCUT2D eigenvalue weighted by atomic mass is 9.91. The summed E-state index contributed by atoms with van der Waals surface area (Å²) < 4.78 is 43.1. The molecule has 2 aliphatic heterocycles. The molecule has 0 saturated carbocycles. The predicted octanol–water partition coefficient (Wildman–Crippen LogP) is 3.32. The van der Waals surface area contributed by atoms with Gasteiger partial charge in [0.1, 0.15) is 34.7 Å². The molecule has 1 amide bonds. The Bertz CT molecular complexity index is 1630. The van der Waals surface area contributed by atoms with Crippen molar-refractivity contribution in [2.45, 2.75) is 52.1 Å². The van der Waals surface area contributed by atoms with E-state index in [1.165, 1.54) is 4.57 Å². The van der Waals surface area contributed by atoms with Crippen molar-refractivity contribution in [1.82, 2.24) is 14.9 Å². The Morgan fingerprint density at radius 1 is 1.19 bits per heavy atom. The zero-order valence-electron chi connectivity index (χ0n) is 24.5. The van der Waals surface area contributed by atoms with Crippen molar-refractivity contribution in [3.05, 3.63) is 74.3 Å². The van der Waals surface area contributed by atoms with E-state index in [2.05, 4.69) is 10.3 Å². The van der Waals surface area contributed by atoms with Crippen LogP contribution in [0.2, 0.25) is 0 Å². The number of aromatic nitrogens is 2. The number of rotatable bonds is 7. The average molecular weight is 597 g/mol. The molecule has 1 saturated heterocycles. The largest absolute Gasteiger partial charge is 0.493 e. The van der Waals surface area contributed by atoms with Gasteiger partial charge in [0.25, 0.3) is 11.5 Å². The number of fused-ring (bicyclic) bond motifs is 1. The number of carboxylic acids is 1. The average Bonchev–Trinajstić information content (AvgIpc) is 2.97. The highest BCUT2D eigenvalue weighted by Crippen LogP contribution is 2.37. The van der Waals surface area contributed by atoms with Crippen LogP contribution in [0.3, 0.4) is 0 Å². The van der Waals surface area contributed by atoms with Crippen LogP contribution in [0.1, 0.15) is 46.2 Å². The van der Waals surface area contributed by atoms with E-state index in [-0.39, 0.29) is 29.4 Å². The third-order valence-corrected chi connectivity index (χ3v) is 8.22. The Morgan fingerprint density at radius 2 is 1.91 bits per heavy atom. The fourth-order valence-corrected chi connectivity index (χ4v) is 5.64. The highest BCUT2D eigenvalue weighted by molar-refractivity contribution is 5.97. The minimum atomic E-state index is -1.49. The van der Waals surface area contributed by atoms with Gasteiger partial charge in [-0.05, 0) is 62.9 Å². The number of anilines is 1. The molecule has 1 fully saturated rings. The maximum atomic E-state index is 15.1. The van der Waals surface area contributed by atoms with Crippen LogP contribution in [0.25, 0.3) is 11.3 Å². The lowest BCUT2D eigenvalue weighted by molar-refractivity contribution is -0.139. The van der Waals surface area contributed by atoms with Gasteiger partial charge in [0.15, 0.2) is 0 Å². The Hall–Kier alpha value is -4.32. The standard InChI is InChI=1S/C31H34F2N4O6/c1-16-15-42-11-9-37(16)20-13-23(32)26(24(33)14-20)29(38)35-25(31(40)41)12-19-7-8-22(28-21(19)6-5-10-43-28)27-30(39)36(4)18(3)17(2)34-27/h7-8,13-14,16,25H,5-6,9-12,15H2,1-4H3,(H,35,38)(H,40,41)/t16-,25-/m0/s1. The van der Waals surface area contributed by atoms with E-state index in [9.17, 15) is 19.5 Å². The Balaban J connectivity index is 1.43. The van der Waals surface area contributed by atoms with Crippen molar-refractivity contribution < 1.29 is 33.0 Å². The van der Waals surface area contributed by atoms with Crippen molar-refractivity contribution in [1.29, 1.82) is 0 Å². The summed E-state index contributed by atoms with van der Waals surface area (Å²) in [5.74, 6) is -4.28. The number of carbonyl (C=O) groups excluding carboxylic acids is 1. The zero-order valence-corrected chi connectivity index (χ0v) is 24.5. The minimum Gasteiger partial charge on any atom is -0.493 e. The normalized spacial score (nSPS) is 17.2. The van der Waals surface area contributed by atoms with Crippen LogP contribution in [-0.4, -0.2) is 65.0 Å². The second kappa shape index (κ2) is 12.1. The van der Waals surface area contributed by atoms with E-state index in [1.54, 1.807) is 31.0 Å². The number of benzene rings is 2. The number of nitrogens with one attached hydrogen (secondary N) is 1. The summed E-state index contributed by atoms with van der Waals surface area (Å²) in [5.41, 5.74) is 2.55. The van der Waals surface area contributed by atoms with Crippen LogP contribution in [0.4, 0.5) is 14.5 Å². The van der Waals surface area contributed by atoms with E-state index in [0.717, 1.165) is 17.8 Å². The van der Waals surface area contributed by atoms with E-state index in [0.29, 0.717) is 67.3 Å². The number of ether oxygens (including phenoxy) is 2. The third kappa shape index (κ3) is 5.83. The lowest BCUT2D eigenvalue weighted by Crippen LogP contribution is -2.44. The molecule has 0 aliphatic carbocycles. The summed E-state index contributed by atoms with van der Waals surface area (Å²) >= 11 is 0. The smallest absolute Gasteiger partial charge is 0.326 e. The number of hydrogen-bond acceptors (Lipinski definition) is 7. The summed E-state index contributed by atoms with van der Waals surface area (Å²) in [5, 5.41) is 12.3. The Morgan fingerprint density at radius 3 is 2.58 bits per heavy atom. The number of morpholine rings is 1. The molecule has 12 heteroatoms. The van der Waals surface area contributed by atoms with Crippen molar-refractivity contribution in [3.63, 3.8) is 0 Å². The lowest BCUT2D eigenvalue weighted by Gasteiger charge is -2.35. The fourth-order valence-electron chi connectivity index (χ4n) is 5.64. The topological polar surface area (TPSA) is 123 Å². The van der Waals surface area contributed by atoms with Crippen molar-refractivity contribution in [2.75, 3.05) is 31.3 Å². The van der Waals surface area contributed by atoms with Gasteiger partial charge in [-0.3, -0.25) is 9.59 Å². The van der Waals surface area contributed by atoms with E-state index in [1.807, 2.05) is 13.8 Å². The fraction of sp³-hybridized carbons (Fsp3) is 0.419. The molecule has 3 aromatic rings. The molecular formula is C31H34F2N4O6. The van der Waals surface area contributed by atoms with E-state index in [4.69, 9.17) is 9.47 Å². The van der Waals surface area contributed by atoms with E-state index >= 15 is 8.78 Å². The molecule has 2 aromatic carbocycles. The first-order valence-electron chi connectivity index (χ1n) is 14.2. The summed E-state index contributed by atoms with van der Waals surface area (Å²) in [7, 11) is 1.67. The van der Waals surface area contributed by atoms with Crippen molar-refractivity contribution >= 4 is 17.6 Å². The summed E-state index contributed by atoms with van der Waals surface area (Å²) in [6.07, 6.45) is 1.04. The van der Waals surface area contributed by atoms with Crippen LogP contribution in [-0.2, 0) is 29.4 Å². The van der Waals surface area contributed by atoms with E-state index < -0.39 is 35.1 Å². The number of hydrogen-bond donors (Lipinski definition) is 2. The predicted molar refractivity (Wildman–Crippen MR) is 155 cm³/mol. The molecule has 43 heavy (non-hydrogen) atoms. The van der Waals surface area contributed by atoms with Gasteiger partial charge >= 0.3 is 5.97 Å². The molecule has 3 heterocycles. The van der Waals surface area contributed by atoms with Gasteiger partial charge in [0.05, 0.1) is 25.5 Å². The van der Waals surface area contributed by atoms with Gasteiger partial charge in [0, 0.05) is 43.0 Å². The van der Waals surface area contributed by atoms with Crippen LogP contribution < -0.4 is 20.5 Å². The molecular weight excluding hydrogens is 562 g/mol. The minimum absolute atomic E-state index is 0.112. The number of aryl methyl sites for hydroxylation is 1. The number of amides is 1. The van der Waals surface area contributed by atoms with Gasteiger partial charge in [-0.1, -0.05) is 6.07 Å². The van der Waals surface area contributed by atoms with Crippen LogP contribution >= 0.6 is 0 Å². The summed E-state index contributed by atoms with van der Waals surface area (Å²) in [4.78, 5) is 44.7. The van der Waals surface area contributed by atoms with Crippen molar-refractivity contribution in [3.8, 4) is 17.0 Å².